The van der Waals surface area contributed by atoms with E-state index in [1.807, 2.05) is 30.3 Å². The molecule has 5 nitrogen and oxygen atoms in total. The fraction of sp³-hybridized carbons (Fsp3) is 0.286. The average molecular weight is 354 g/mol. The second-order valence-electron chi connectivity index (χ2n) is 6.85. The van der Waals surface area contributed by atoms with Gasteiger partial charge in [0.15, 0.2) is 5.78 Å². The Bertz CT molecular complexity index is 847. The number of rotatable bonds is 4. The maximum absolute atomic E-state index is 12.8. The van der Waals surface area contributed by atoms with Gasteiger partial charge in [-0.25, -0.2) is 0 Å². The Morgan fingerprint density at radius 1 is 1.27 bits per heavy atom. The third-order valence-electron chi connectivity index (χ3n) is 4.22. The second kappa shape index (κ2) is 6.84. The zero-order chi connectivity index (χ0) is 18.9. The minimum atomic E-state index is -1.07. The van der Waals surface area contributed by atoms with Crippen LogP contribution in [0.25, 0.3) is 6.08 Å². The fourth-order valence-corrected chi connectivity index (χ4v) is 2.94. The van der Waals surface area contributed by atoms with Gasteiger partial charge in [0.25, 0.3) is 0 Å². The number of carbonyl (C=O) groups is 1. The van der Waals surface area contributed by atoms with Gasteiger partial charge in [-0.05, 0) is 25.5 Å². The molecule has 26 heavy (non-hydrogen) atoms. The molecule has 0 radical (unpaired) electrons. The smallest absolute Gasteiger partial charge is 0.174 e. The van der Waals surface area contributed by atoms with E-state index in [2.05, 4.69) is 0 Å². The first kappa shape index (κ1) is 18.0. The van der Waals surface area contributed by atoms with Crippen molar-refractivity contribution < 1.29 is 24.5 Å². The number of hydrogen-bond donors (Lipinski definition) is 2. The Morgan fingerprint density at radius 3 is 2.58 bits per heavy atom. The molecule has 0 bridgehead atoms. The molecule has 1 heterocycles. The number of phenols is 1. The van der Waals surface area contributed by atoms with Crippen molar-refractivity contribution in [1.29, 1.82) is 0 Å². The summed E-state index contributed by atoms with van der Waals surface area (Å²) in [4.78, 5) is 12.8. The van der Waals surface area contributed by atoms with E-state index in [0.29, 0.717) is 11.1 Å². The van der Waals surface area contributed by atoms with Crippen molar-refractivity contribution in [3.05, 3.63) is 59.2 Å². The minimum Gasteiger partial charge on any atom is -0.507 e. The van der Waals surface area contributed by atoms with Crippen molar-refractivity contribution in [3.8, 4) is 17.2 Å². The molecule has 2 N–H and O–H groups in total. The van der Waals surface area contributed by atoms with E-state index in [0.717, 1.165) is 5.56 Å². The van der Waals surface area contributed by atoms with Gasteiger partial charge in [-0.15, -0.1) is 0 Å². The lowest BCUT2D eigenvalue weighted by molar-refractivity contribution is 0.0843. The van der Waals surface area contributed by atoms with Crippen molar-refractivity contribution in [1.82, 2.24) is 0 Å². The molecule has 0 aliphatic carbocycles. The standard InChI is InChI=1S/C21H22O5/c1-21(2,24)10-9-14-15(22)11-18(25-3)19-16(23)12-17(26-20(14)19)13-7-5-4-6-8-13/h4-11,17,22,24H,12H2,1-3H3. The largest absolute Gasteiger partial charge is 0.507 e. The number of phenolic OH excluding ortho intramolecular Hbond substituents is 1. The first-order chi connectivity index (χ1) is 12.3. The van der Waals surface area contributed by atoms with Gasteiger partial charge in [0.05, 0.1) is 24.7 Å². The van der Waals surface area contributed by atoms with Crippen LogP contribution in [-0.4, -0.2) is 28.7 Å². The van der Waals surface area contributed by atoms with Crippen LogP contribution in [0.2, 0.25) is 0 Å². The van der Waals surface area contributed by atoms with Crippen LogP contribution < -0.4 is 9.47 Å². The van der Waals surface area contributed by atoms with Crippen LogP contribution in [0, 0.1) is 0 Å². The van der Waals surface area contributed by atoms with Crippen molar-refractivity contribution in [2.24, 2.45) is 0 Å². The number of fused-ring (bicyclic) bond motifs is 1. The molecule has 0 fully saturated rings. The maximum atomic E-state index is 12.8. The number of hydrogen-bond acceptors (Lipinski definition) is 5. The molecule has 0 amide bonds. The summed E-state index contributed by atoms with van der Waals surface area (Å²) in [5.41, 5.74) is 0.465. The predicted molar refractivity (Wildman–Crippen MR) is 98.7 cm³/mol. The van der Waals surface area contributed by atoms with Gasteiger partial charge in [0.1, 0.15) is 28.9 Å². The van der Waals surface area contributed by atoms with Crippen LogP contribution in [0.4, 0.5) is 0 Å². The van der Waals surface area contributed by atoms with E-state index in [4.69, 9.17) is 9.47 Å². The summed E-state index contributed by atoms with van der Waals surface area (Å²) < 4.78 is 11.4. The van der Waals surface area contributed by atoms with Crippen LogP contribution in [0.3, 0.4) is 0 Å². The molecular weight excluding hydrogens is 332 g/mol. The number of Topliss-reactive ketones (excluding diaryl/α,β-unsaturated/α-hetero) is 1. The first-order valence-electron chi connectivity index (χ1n) is 8.40. The van der Waals surface area contributed by atoms with Gasteiger partial charge >= 0.3 is 0 Å². The Balaban J connectivity index is 2.14. The highest BCUT2D eigenvalue weighted by Crippen LogP contribution is 2.46. The topological polar surface area (TPSA) is 76.0 Å². The number of ether oxygens (including phenoxy) is 2. The van der Waals surface area contributed by atoms with Crippen LogP contribution in [-0.2, 0) is 0 Å². The second-order valence-corrected chi connectivity index (χ2v) is 6.85. The monoisotopic (exact) mass is 354 g/mol. The number of methoxy groups -OCH3 is 1. The molecule has 1 atom stereocenters. The molecule has 2 aromatic carbocycles. The minimum absolute atomic E-state index is 0.0809. The highest BCUT2D eigenvalue weighted by atomic mass is 16.5. The lowest BCUT2D eigenvalue weighted by atomic mass is 9.92. The Morgan fingerprint density at radius 2 is 1.96 bits per heavy atom. The van der Waals surface area contributed by atoms with E-state index in [1.54, 1.807) is 19.9 Å². The summed E-state index contributed by atoms with van der Waals surface area (Å²) in [6.07, 6.45) is 2.84. The highest BCUT2D eigenvalue weighted by molar-refractivity contribution is 6.04. The summed E-state index contributed by atoms with van der Waals surface area (Å²) in [6, 6.07) is 10.9. The molecule has 1 aliphatic rings. The van der Waals surface area contributed by atoms with Gasteiger partial charge < -0.3 is 19.7 Å². The molecular formula is C21H22O5. The Labute approximate surface area is 152 Å². The van der Waals surface area contributed by atoms with Gasteiger partial charge in [0.2, 0.25) is 0 Å². The molecule has 5 heteroatoms. The van der Waals surface area contributed by atoms with E-state index in [9.17, 15) is 15.0 Å². The van der Waals surface area contributed by atoms with E-state index >= 15 is 0 Å². The Kier molecular flexibility index (Phi) is 4.74. The van der Waals surface area contributed by atoms with Crippen LogP contribution in [0.15, 0.2) is 42.5 Å². The van der Waals surface area contributed by atoms with Crippen LogP contribution in [0.1, 0.15) is 47.9 Å². The normalized spacial score (nSPS) is 17.1. The fourth-order valence-electron chi connectivity index (χ4n) is 2.94. The first-order valence-corrected chi connectivity index (χ1v) is 8.40. The zero-order valence-electron chi connectivity index (χ0n) is 15.0. The molecule has 0 saturated heterocycles. The van der Waals surface area contributed by atoms with Crippen molar-refractivity contribution >= 4 is 11.9 Å². The van der Waals surface area contributed by atoms with Crippen molar-refractivity contribution in [3.63, 3.8) is 0 Å². The molecule has 3 rings (SSSR count). The van der Waals surface area contributed by atoms with Gasteiger partial charge in [-0.3, -0.25) is 4.79 Å². The summed E-state index contributed by atoms with van der Waals surface area (Å²) in [5, 5.41) is 20.4. The maximum Gasteiger partial charge on any atom is 0.174 e. The van der Waals surface area contributed by atoms with Crippen LogP contribution >= 0.6 is 0 Å². The van der Waals surface area contributed by atoms with Crippen molar-refractivity contribution in [2.45, 2.75) is 32.0 Å². The molecule has 136 valence electrons. The molecule has 0 aromatic heterocycles. The number of carbonyl (C=O) groups excluding carboxylic acids is 1. The molecule has 2 aromatic rings. The van der Waals surface area contributed by atoms with E-state index in [1.165, 1.54) is 19.3 Å². The van der Waals surface area contributed by atoms with E-state index < -0.39 is 11.7 Å². The highest BCUT2D eigenvalue weighted by Gasteiger charge is 2.33. The number of ketones is 1. The number of aliphatic hydroxyl groups is 1. The summed E-state index contributed by atoms with van der Waals surface area (Å²) in [6.45, 7) is 3.24. The number of aromatic hydroxyl groups is 1. The van der Waals surface area contributed by atoms with Crippen molar-refractivity contribution in [2.75, 3.05) is 7.11 Å². The number of benzene rings is 2. The van der Waals surface area contributed by atoms with Gasteiger partial charge in [0, 0.05) is 6.07 Å². The molecule has 1 aliphatic heterocycles. The molecule has 1 unspecified atom stereocenters. The molecule has 0 saturated carbocycles. The summed E-state index contributed by atoms with van der Waals surface area (Å²) in [7, 11) is 1.44. The van der Waals surface area contributed by atoms with Crippen LogP contribution in [0.5, 0.6) is 17.2 Å². The zero-order valence-corrected chi connectivity index (χ0v) is 15.0. The SMILES string of the molecule is COc1cc(O)c(C=CC(C)(C)O)c2c1C(=O)CC(c1ccccc1)O2. The Hall–Kier alpha value is -2.79. The van der Waals surface area contributed by atoms with Gasteiger partial charge in [-0.2, -0.15) is 0 Å². The third-order valence-corrected chi connectivity index (χ3v) is 4.22. The summed E-state index contributed by atoms with van der Waals surface area (Å²) in [5.74, 6) is 0.347. The molecule has 0 spiro atoms. The predicted octanol–water partition coefficient (Wildman–Crippen LogP) is 3.89. The quantitative estimate of drug-likeness (QED) is 0.871. The van der Waals surface area contributed by atoms with E-state index in [-0.39, 0.29) is 29.5 Å². The third kappa shape index (κ3) is 3.58. The van der Waals surface area contributed by atoms with Gasteiger partial charge in [-0.1, -0.05) is 36.4 Å². The lowest BCUT2D eigenvalue weighted by Crippen LogP contribution is -2.22. The lowest BCUT2D eigenvalue weighted by Gasteiger charge is -2.28. The average Bonchev–Trinajstić information content (AvgIpc) is 2.59. The summed E-state index contributed by atoms with van der Waals surface area (Å²) >= 11 is 0.